The maximum atomic E-state index is 13.1. The van der Waals surface area contributed by atoms with Crippen molar-refractivity contribution in [2.45, 2.75) is 26.9 Å². The van der Waals surface area contributed by atoms with Crippen molar-refractivity contribution in [1.82, 2.24) is 0 Å². The Morgan fingerprint density at radius 2 is 1.57 bits per heavy atom. The smallest absolute Gasteiger partial charge is 0.270 e. The normalized spacial score (nSPS) is 11.5. The predicted octanol–water partition coefficient (Wildman–Crippen LogP) is 5.26. The van der Waals surface area contributed by atoms with Crippen LogP contribution in [0.3, 0.4) is 0 Å². The van der Waals surface area contributed by atoms with Gasteiger partial charge in [0.15, 0.2) is 5.78 Å². The maximum absolute atomic E-state index is 13.1. The Labute approximate surface area is 165 Å². The van der Waals surface area contributed by atoms with Crippen LogP contribution in [0.1, 0.15) is 40.1 Å². The van der Waals surface area contributed by atoms with Gasteiger partial charge in [-0.1, -0.05) is 42.5 Å². The zero-order valence-electron chi connectivity index (χ0n) is 16.2. The fourth-order valence-corrected chi connectivity index (χ4v) is 2.87. The molecule has 0 bridgehead atoms. The number of hydrogen-bond acceptors (Lipinski definition) is 3. The third kappa shape index (κ3) is 4.65. The van der Waals surface area contributed by atoms with Crippen molar-refractivity contribution >= 4 is 17.4 Å². The molecule has 28 heavy (non-hydrogen) atoms. The molecule has 3 rings (SSSR count). The molecule has 0 saturated heterocycles. The molecular weight excluding hydrogens is 350 g/mol. The van der Waals surface area contributed by atoms with Gasteiger partial charge in [0.05, 0.1) is 0 Å². The Morgan fingerprint density at radius 1 is 0.893 bits per heavy atom. The fourth-order valence-electron chi connectivity index (χ4n) is 2.87. The van der Waals surface area contributed by atoms with Crippen LogP contribution in [0, 0.1) is 13.8 Å². The van der Waals surface area contributed by atoms with Gasteiger partial charge >= 0.3 is 0 Å². The molecule has 0 heterocycles. The second kappa shape index (κ2) is 8.53. The van der Waals surface area contributed by atoms with E-state index >= 15 is 0 Å². The van der Waals surface area contributed by atoms with Crippen LogP contribution in [-0.2, 0) is 4.79 Å². The zero-order chi connectivity index (χ0) is 20.1. The molecule has 0 aliphatic rings. The van der Waals surface area contributed by atoms with E-state index in [2.05, 4.69) is 5.32 Å². The summed E-state index contributed by atoms with van der Waals surface area (Å²) in [4.78, 5) is 24.5. The molecular formula is C24H23NO3. The first-order chi connectivity index (χ1) is 13.4. The fraction of sp³-hybridized carbons (Fsp3) is 0.167. The summed E-state index contributed by atoms with van der Waals surface area (Å²) in [6, 6.07) is 22.1. The van der Waals surface area contributed by atoms with Gasteiger partial charge in [-0.15, -0.1) is 0 Å². The summed E-state index contributed by atoms with van der Waals surface area (Å²) in [6.07, 6.45) is -0.815. The minimum atomic E-state index is -0.815. The SMILES string of the molecule is CC(=O)c1ccc(O[C@H](C(=O)Nc2cc(C)ccc2C)c2ccccc2)cc1. The second-order valence-corrected chi connectivity index (χ2v) is 6.80. The van der Waals surface area contributed by atoms with Crippen LogP contribution in [0.2, 0.25) is 0 Å². The molecule has 3 aromatic rings. The van der Waals surface area contributed by atoms with E-state index in [4.69, 9.17) is 4.74 Å². The minimum Gasteiger partial charge on any atom is -0.476 e. The van der Waals surface area contributed by atoms with E-state index in [1.54, 1.807) is 24.3 Å². The summed E-state index contributed by atoms with van der Waals surface area (Å²) in [5, 5.41) is 2.98. The predicted molar refractivity (Wildman–Crippen MR) is 111 cm³/mol. The van der Waals surface area contributed by atoms with Crippen LogP contribution in [0.5, 0.6) is 5.75 Å². The van der Waals surface area contributed by atoms with Crippen LogP contribution < -0.4 is 10.1 Å². The molecule has 3 aromatic carbocycles. The van der Waals surface area contributed by atoms with E-state index in [1.807, 2.05) is 62.4 Å². The van der Waals surface area contributed by atoms with Crippen LogP contribution >= 0.6 is 0 Å². The average Bonchev–Trinajstić information content (AvgIpc) is 2.70. The van der Waals surface area contributed by atoms with Crippen molar-refractivity contribution in [2.24, 2.45) is 0 Å². The largest absolute Gasteiger partial charge is 0.476 e. The number of anilines is 1. The molecule has 4 heteroatoms. The van der Waals surface area contributed by atoms with Gasteiger partial charge in [0.25, 0.3) is 5.91 Å². The number of hydrogen-bond donors (Lipinski definition) is 1. The van der Waals surface area contributed by atoms with E-state index in [1.165, 1.54) is 6.92 Å². The van der Waals surface area contributed by atoms with Gasteiger partial charge in [-0.25, -0.2) is 0 Å². The molecule has 4 nitrogen and oxygen atoms in total. The molecule has 1 N–H and O–H groups in total. The van der Waals surface area contributed by atoms with Crippen molar-refractivity contribution < 1.29 is 14.3 Å². The third-order valence-electron chi connectivity index (χ3n) is 4.51. The molecule has 0 spiro atoms. The lowest BCUT2D eigenvalue weighted by Crippen LogP contribution is -2.26. The number of Topliss-reactive ketones (excluding diaryl/α,β-unsaturated/α-hetero) is 1. The highest BCUT2D eigenvalue weighted by atomic mass is 16.5. The van der Waals surface area contributed by atoms with E-state index in [0.717, 1.165) is 22.4 Å². The van der Waals surface area contributed by atoms with E-state index in [0.29, 0.717) is 11.3 Å². The van der Waals surface area contributed by atoms with Gasteiger partial charge in [0.2, 0.25) is 6.10 Å². The lowest BCUT2D eigenvalue weighted by atomic mass is 10.1. The Balaban J connectivity index is 1.87. The molecule has 0 aliphatic carbocycles. The molecule has 1 amide bonds. The van der Waals surface area contributed by atoms with Crippen molar-refractivity contribution in [3.8, 4) is 5.75 Å². The van der Waals surface area contributed by atoms with Crippen molar-refractivity contribution in [3.63, 3.8) is 0 Å². The molecule has 0 aliphatic heterocycles. The van der Waals surface area contributed by atoms with Gasteiger partial charge in [-0.05, 0) is 62.2 Å². The van der Waals surface area contributed by atoms with Crippen LogP contribution in [-0.4, -0.2) is 11.7 Å². The third-order valence-corrected chi connectivity index (χ3v) is 4.51. The van der Waals surface area contributed by atoms with E-state index < -0.39 is 6.10 Å². The van der Waals surface area contributed by atoms with Gasteiger partial charge in [0.1, 0.15) is 5.75 Å². The molecule has 0 radical (unpaired) electrons. The van der Waals surface area contributed by atoms with E-state index in [9.17, 15) is 9.59 Å². The number of amides is 1. The summed E-state index contributed by atoms with van der Waals surface area (Å²) < 4.78 is 6.02. The molecule has 0 saturated carbocycles. The number of ketones is 1. The summed E-state index contributed by atoms with van der Waals surface area (Å²) in [7, 11) is 0. The molecule has 142 valence electrons. The Morgan fingerprint density at radius 3 is 2.21 bits per heavy atom. The molecule has 0 unspecified atom stereocenters. The summed E-state index contributed by atoms with van der Waals surface area (Å²) in [5.41, 5.74) is 4.17. The first-order valence-corrected chi connectivity index (χ1v) is 9.15. The summed E-state index contributed by atoms with van der Waals surface area (Å²) >= 11 is 0. The number of carbonyl (C=O) groups excluding carboxylic acids is 2. The van der Waals surface area contributed by atoms with Crippen molar-refractivity contribution in [1.29, 1.82) is 0 Å². The van der Waals surface area contributed by atoms with Gasteiger partial charge in [-0.2, -0.15) is 0 Å². The Bertz CT molecular complexity index is 978. The molecule has 1 atom stereocenters. The number of carbonyl (C=O) groups is 2. The first-order valence-electron chi connectivity index (χ1n) is 9.15. The highest BCUT2D eigenvalue weighted by Gasteiger charge is 2.23. The van der Waals surface area contributed by atoms with E-state index in [-0.39, 0.29) is 11.7 Å². The van der Waals surface area contributed by atoms with Crippen molar-refractivity contribution in [2.75, 3.05) is 5.32 Å². The summed E-state index contributed by atoms with van der Waals surface area (Å²) in [6.45, 7) is 5.45. The molecule has 0 fully saturated rings. The standard InChI is InChI=1S/C24H23NO3/c1-16-9-10-17(2)22(15-16)25-24(27)23(20-7-5-4-6-8-20)28-21-13-11-19(12-14-21)18(3)26/h4-15,23H,1-3H3,(H,25,27)/t23-/m0/s1. The zero-order valence-corrected chi connectivity index (χ0v) is 16.2. The summed E-state index contributed by atoms with van der Waals surface area (Å²) in [5.74, 6) is 0.254. The topological polar surface area (TPSA) is 55.4 Å². The number of aryl methyl sites for hydroxylation is 2. The monoisotopic (exact) mass is 373 g/mol. The molecule has 0 aromatic heterocycles. The second-order valence-electron chi connectivity index (χ2n) is 6.80. The number of benzene rings is 3. The highest BCUT2D eigenvalue weighted by molar-refractivity contribution is 5.96. The Kier molecular flexibility index (Phi) is 5.90. The lowest BCUT2D eigenvalue weighted by molar-refractivity contribution is -0.123. The van der Waals surface area contributed by atoms with Gasteiger partial charge < -0.3 is 10.1 Å². The maximum Gasteiger partial charge on any atom is 0.270 e. The highest BCUT2D eigenvalue weighted by Crippen LogP contribution is 2.25. The van der Waals surface area contributed by atoms with Crippen LogP contribution in [0.4, 0.5) is 5.69 Å². The van der Waals surface area contributed by atoms with Crippen LogP contribution in [0.15, 0.2) is 72.8 Å². The van der Waals surface area contributed by atoms with Gasteiger partial charge in [0, 0.05) is 16.8 Å². The number of ether oxygens (including phenoxy) is 1. The number of rotatable bonds is 6. The lowest BCUT2D eigenvalue weighted by Gasteiger charge is -2.20. The van der Waals surface area contributed by atoms with Crippen LogP contribution in [0.25, 0.3) is 0 Å². The Hall–Kier alpha value is -3.40. The first kappa shape index (κ1) is 19.4. The number of nitrogens with one attached hydrogen (secondary N) is 1. The van der Waals surface area contributed by atoms with Crippen molar-refractivity contribution in [3.05, 3.63) is 95.1 Å². The minimum absolute atomic E-state index is 0.0150. The van der Waals surface area contributed by atoms with Gasteiger partial charge in [-0.3, -0.25) is 9.59 Å². The average molecular weight is 373 g/mol. The quantitative estimate of drug-likeness (QED) is 0.599.